The fourth-order valence-electron chi connectivity index (χ4n) is 2.50. The average molecular weight is 343 g/mol. The van der Waals surface area contributed by atoms with E-state index >= 15 is 0 Å². The maximum Gasteiger partial charge on any atom is 0.271 e. The number of anilines is 1. The number of carbonyl (C=O) groups is 1. The van der Waals surface area contributed by atoms with Gasteiger partial charge in [0.2, 0.25) is 6.79 Å². The van der Waals surface area contributed by atoms with Crippen molar-refractivity contribution in [3.05, 3.63) is 50.9 Å². The molecule has 0 aliphatic carbocycles. The minimum Gasteiger partial charge on any atom is -0.454 e. The van der Waals surface area contributed by atoms with Crippen LogP contribution in [0.2, 0.25) is 0 Å². The quantitative estimate of drug-likeness (QED) is 0.772. The lowest BCUT2D eigenvalue weighted by atomic mass is 10.2. The molecule has 0 saturated heterocycles. The van der Waals surface area contributed by atoms with Crippen molar-refractivity contribution in [1.82, 2.24) is 9.38 Å². The number of thiazole rings is 1. The molecule has 122 valence electrons. The zero-order valence-corrected chi connectivity index (χ0v) is 13.8. The van der Waals surface area contributed by atoms with Gasteiger partial charge in [0.15, 0.2) is 16.5 Å². The summed E-state index contributed by atoms with van der Waals surface area (Å²) in [4.78, 5) is 30.9. The molecule has 2 aromatic heterocycles. The summed E-state index contributed by atoms with van der Waals surface area (Å²) in [6.07, 6.45) is 1.31. The van der Waals surface area contributed by atoms with Gasteiger partial charge in [-0.15, -0.1) is 11.3 Å². The summed E-state index contributed by atoms with van der Waals surface area (Å²) >= 11 is 1.42. The van der Waals surface area contributed by atoms with Crippen LogP contribution in [0.1, 0.15) is 20.9 Å². The molecule has 1 amide bonds. The lowest BCUT2D eigenvalue weighted by Gasteiger charge is -2.06. The lowest BCUT2D eigenvalue weighted by Crippen LogP contribution is -2.26. The maximum absolute atomic E-state index is 12.6. The summed E-state index contributed by atoms with van der Waals surface area (Å²) in [6, 6.07) is 5.05. The fraction of sp³-hybridized carbons (Fsp3) is 0.188. The van der Waals surface area contributed by atoms with E-state index in [9.17, 15) is 9.59 Å². The molecule has 1 aliphatic heterocycles. The predicted molar refractivity (Wildman–Crippen MR) is 89.3 cm³/mol. The van der Waals surface area contributed by atoms with Crippen molar-refractivity contribution in [1.29, 1.82) is 0 Å². The second kappa shape index (κ2) is 5.34. The Bertz CT molecular complexity index is 1040. The van der Waals surface area contributed by atoms with Crippen molar-refractivity contribution in [2.45, 2.75) is 13.8 Å². The first-order chi connectivity index (χ1) is 11.5. The Morgan fingerprint density at radius 3 is 2.92 bits per heavy atom. The molecule has 1 aliphatic rings. The van der Waals surface area contributed by atoms with Gasteiger partial charge < -0.3 is 14.8 Å². The minimum atomic E-state index is -0.510. The summed E-state index contributed by atoms with van der Waals surface area (Å²) in [5.41, 5.74) is 0.934. The van der Waals surface area contributed by atoms with Crippen molar-refractivity contribution >= 4 is 27.9 Å². The Morgan fingerprint density at radius 1 is 1.29 bits per heavy atom. The average Bonchev–Trinajstić information content (AvgIpc) is 3.12. The third kappa shape index (κ3) is 2.23. The molecular weight excluding hydrogens is 330 g/mol. The summed E-state index contributed by atoms with van der Waals surface area (Å²) in [5.74, 6) is 0.673. The number of nitrogens with one attached hydrogen (secondary N) is 1. The van der Waals surface area contributed by atoms with Crippen LogP contribution in [0.15, 0.2) is 29.2 Å². The van der Waals surface area contributed by atoms with Gasteiger partial charge in [0.05, 0.1) is 0 Å². The van der Waals surface area contributed by atoms with E-state index in [0.717, 1.165) is 10.6 Å². The molecular formula is C16H13N3O4S. The summed E-state index contributed by atoms with van der Waals surface area (Å²) < 4.78 is 12.0. The van der Waals surface area contributed by atoms with Crippen LogP contribution in [0, 0.1) is 13.8 Å². The molecule has 3 heterocycles. The van der Waals surface area contributed by atoms with Crippen LogP contribution in [0.4, 0.5) is 5.69 Å². The van der Waals surface area contributed by atoms with Gasteiger partial charge in [-0.25, -0.2) is 4.98 Å². The van der Waals surface area contributed by atoms with E-state index in [1.54, 1.807) is 18.2 Å². The van der Waals surface area contributed by atoms with Crippen LogP contribution in [-0.4, -0.2) is 22.1 Å². The van der Waals surface area contributed by atoms with Gasteiger partial charge in [0, 0.05) is 28.5 Å². The number of aryl methyl sites for hydroxylation is 2. The molecule has 0 atom stereocenters. The van der Waals surface area contributed by atoms with Crippen LogP contribution in [0.25, 0.3) is 4.96 Å². The van der Waals surface area contributed by atoms with Gasteiger partial charge in [-0.1, -0.05) is 0 Å². The van der Waals surface area contributed by atoms with Gasteiger partial charge >= 0.3 is 0 Å². The summed E-state index contributed by atoms with van der Waals surface area (Å²) in [6.45, 7) is 3.91. The second-order valence-electron chi connectivity index (χ2n) is 5.36. The second-order valence-corrected chi connectivity index (χ2v) is 6.54. The number of nitrogens with zero attached hydrogens (tertiary/aromatic N) is 2. The van der Waals surface area contributed by atoms with Crippen molar-refractivity contribution in [2.75, 3.05) is 12.1 Å². The van der Waals surface area contributed by atoms with E-state index in [0.29, 0.717) is 22.1 Å². The molecule has 0 unspecified atom stereocenters. The molecule has 0 spiro atoms. The number of ether oxygens (including phenoxy) is 2. The van der Waals surface area contributed by atoms with E-state index < -0.39 is 5.91 Å². The molecule has 0 bridgehead atoms. The highest BCUT2D eigenvalue weighted by Gasteiger charge is 2.18. The number of carbonyl (C=O) groups excluding carboxylic acids is 1. The third-order valence-electron chi connectivity index (χ3n) is 3.89. The first kappa shape index (κ1) is 14.7. The highest BCUT2D eigenvalue weighted by Crippen LogP contribution is 2.34. The van der Waals surface area contributed by atoms with E-state index in [-0.39, 0.29) is 17.9 Å². The first-order valence-corrected chi connectivity index (χ1v) is 8.05. The highest BCUT2D eigenvalue weighted by molar-refractivity contribution is 7.17. The monoisotopic (exact) mass is 343 g/mol. The van der Waals surface area contributed by atoms with Crippen molar-refractivity contribution in [3.8, 4) is 11.5 Å². The minimum absolute atomic E-state index is 0.00827. The molecule has 8 heteroatoms. The molecule has 7 nitrogen and oxygen atoms in total. The fourth-order valence-corrected chi connectivity index (χ4v) is 3.43. The Kier molecular flexibility index (Phi) is 3.27. The van der Waals surface area contributed by atoms with Gasteiger partial charge in [-0.3, -0.25) is 14.0 Å². The van der Waals surface area contributed by atoms with E-state index in [1.165, 1.54) is 21.9 Å². The molecule has 1 N–H and O–H groups in total. The number of hydrogen-bond acceptors (Lipinski definition) is 6. The maximum atomic E-state index is 12.6. The smallest absolute Gasteiger partial charge is 0.271 e. The topological polar surface area (TPSA) is 81.9 Å². The molecule has 1 aromatic carbocycles. The van der Waals surface area contributed by atoms with Gasteiger partial charge in [-0.2, -0.15) is 0 Å². The van der Waals surface area contributed by atoms with E-state index in [4.69, 9.17) is 9.47 Å². The van der Waals surface area contributed by atoms with E-state index in [2.05, 4.69) is 10.3 Å². The van der Waals surface area contributed by atoms with Crippen molar-refractivity contribution in [3.63, 3.8) is 0 Å². The van der Waals surface area contributed by atoms with Crippen LogP contribution in [-0.2, 0) is 0 Å². The number of aromatic nitrogens is 2. The third-order valence-corrected chi connectivity index (χ3v) is 4.97. The predicted octanol–water partition coefficient (Wildman–Crippen LogP) is 2.35. The molecule has 0 saturated carbocycles. The molecule has 4 rings (SSSR count). The normalized spacial score (nSPS) is 12.6. The SMILES string of the molecule is Cc1sc2ncc(C(=O)Nc3ccc4c(c3)OCO4)c(=O)n2c1C. The Labute approximate surface area is 140 Å². The van der Waals surface area contributed by atoms with Gasteiger partial charge in [0.25, 0.3) is 11.5 Å². The largest absolute Gasteiger partial charge is 0.454 e. The standard InChI is InChI=1S/C16H13N3O4S/c1-8-9(2)24-16-17-6-11(15(21)19(8)16)14(20)18-10-3-4-12-13(5-10)23-7-22-12/h3-6H,7H2,1-2H3,(H,18,20). The number of hydrogen-bond donors (Lipinski definition) is 1. The van der Waals surface area contributed by atoms with E-state index in [1.807, 2.05) is 13.8 Å². The van der Waals surface area contributed by atoms with Crippen LogP contribution >= 0.6 is 11.3 Å². The Balaban J connectivity index is 1.70. The summed E-state index contributed by atoms with van der Waals surface area (Å²) in [7, 11) is 0. The Hall–Kier alpha value is -2.87. The van der Waals surface area contributed by atoms with Crippen LogP contribution < -0.4 is 20.3 Å². The zero-order chi connectivity index (χ0) is 16.8. The number of amides is 1. The highest BCUT2D eigenvalue weighted by atomic mass is 32.1. The number of rotatable bonds is 2. The zero-order valence-electron chi connectivity index (χ0n) is 13.0. The first-order valence-electron chi connectivity index (χ1n) is 7.23. The Morgan fingerprint density at radius 2 is 2.08 bits per heavy atom. The van der Waals surface area contributed by atoms with Gasteiger partial charge in [0.1, 0.15) is 5.56 Å². The molecule has 0 radical (unpaired) electrons. The lowest BCUT2D eigenvalue weighted by molar-refractivity contribution is 0.102. The van der Waals surface area contributed by atoms with Crippen molar-refractivity contribution < 1.29 is 14.3 Å². The molecule has 0 fully saturated rings. The van der Waals surface area contributed by atoms with Crippen LogP contribution in [0.3, 0.4) is 0 Å². The number of fused-ring (bicyclic) bond motifs is 2. The van der Waals surface area contributed by atoms with Crippen LogP contribution in [0.5, 0.6) is 11.5 Å². The van der Waals surface area contributed by atoms with Crippen molar-refractivity contribution in [2.24, 2.45) is 0 Å². The molecule has 3 aromatic rings. The molecule has 24 heavy (non-hydrogen) atoms. The summed E-state index contributed by atoms with van der Waals surface area (Å²) in [5, 5.41) is 2.70. The van der Waals surface area contributed by atoms with Gasteiger partial charge in [-0.05, 0) is 26.0 Å². The number of benzene rings is 1.